The standard InChI is InChI=1S/C32H43N3O3/c1-4-17-35-22-26(28-20-27(37-3)12-13-29(28)35)21-34-18-15-32(16-19-34)14-8-7-10-25-9-5-6-11-30(25)38-23-24(2)33-31(32)36/h5-6,9,11-13,20,22,24H,4,7-8,10,14-19,21,23H2,1-3H3,(H,33,36)/t24-/m1/s1. The molecule has 3 heterocycles. The molecule has 0 radical (unpaired) electrons. The lowest BCUT2D eigenvalue weighted by molar-refractivity contribution is -0.135. The van der Waals surface area contributed by atoms with Gasteiger partial charge in [0, 0.05) is 30.2 Å². The van der Waals surface area contributed by atoms with Gasteiger partial charge in [0.05, 0.1) is 18.6 Å². The Kier molecular flexibility index (Phi) is 8.27. The van der Waals surface area contributed by atoms with E-state index in [2.05, 4.69) is 65.2 Å². The third-order valence-electron chi connectivity index (χ3n) is 8.51. The Labute approximate surface area is 227 Å². The van der Waals surface area contributed by atoms with Crippen molar-refractivity contribution in [1.29, 1.82) is 0 Å². The first kappa shape index (κ1) is 26.6. The number of methoxy groups -OCH3 is 1. The number of amides is 1. The molecule has 6 nitrogen and oxygen atoms in total. The maximum absolute atomic E-state index is 13.6. The molecule has 1 N–H and O–H groups in total. The zero-order valence-corrected chi connectivity index (χ0v) is 23.3. The van der Waals surface area contributed by atoms with E-state index in [-0.39, 0.29) is 17.4 Å². The molecule has 3 aromatic rings. The highest BCUT2D eigenvalue weighted by molar-refractivity contribution is 5.85. The van der Waals surface area contributed by atoms with Crippen LogP contribution in [0.2, 0.25) is 0 Å². The van der Waals surface area contributed by atoms with Crippen LogP contribution in [-0.4, -0.2) is 48.2 Å². The van der Waals surface area contributed by atoms with Crippen LogP contribution < -0.4 is 14.8 Å². The molecule has 1 saturated heterocycles. The number of aromatic nitrogens is 1. The molecule has 5 rings (SSSR count). The van der Waals surface area contributed by atoms with E-state index in [9.17, 15) is 4.79 Å². The van der Waals surface area contributed by atoms with Crippen molar-refractivity contribution in [2.24, 2.45) is 5.41 Å². The third-order valence-corrected chi connectivity index (χ3v) is 8.51. The van der Waals surface area contributed by atoms with Crippen LogP contribution in [0.5, 0.6) is 11.5 Å². The molecule has 1 atom stereocenters. The van der Waals surface area contributed by atoms with Crippen molar-refractivity contribution in [3.05, 3.63) is 59.8 Å². The van der Waals surface area contributed by atoms with Gasteiger partial charge in [-0.2, -0.15) is 0 Å². The molecule has 0 saturated carbocycles. The summed E-state index contributed by atoms with van der Waals surface area (Å²) >= 11 is 0. The van der Waals surface area contributed by atoms with Gasteiger partial charge < -0.3 is 19.4 Å². The van der Waals surface area contributed by atoms with Gasteiger partial charge in [-0.1, -0.05) is 31.5 Å². The highest BCUT2D eigenvalue weighted by Crippen LogP contribution is 2.39. The van der Waals surface area contributed by atoms with Crippen LogP contribution >= 0.6 is 0 Å². The molecule has 1 amide bonds. The number of benzene rings is 2. The van der Waals surface area contributed by atoms with Gasteiger partial charge in [-0.25, -0.2) is 0 Å². The predicted molar refractivity (Wildman–Crippen MR) is 153 cm³/mol. The summed E-state index contributed by atoms with van der Waals surface area (Å²) in [6.07, 6.45) is 9.31. The lowest BCUT2D eigenvalue weighted by Crippen LogP contribution is -2.51. The minimum Gasteiger partial charge on any atom is -0.497 e. The molecule has 2 aromatic carbocycles. The first-order valence-electron chi connectivity index (χ1n) is 14.4. The van der Waals surface area contributed by atoms with Crippen LogP contribution in [0.3, 0.4) is 0 Å². The van der Waals surface area contributed by atoms with Crippen molar-refractivity contribution in [3.63, 3.8) is 0 Å². The maximum Gasteiger partial charge on any atom is 0.226 e. The number of rotatable bonds is 5. The normalized spacial score (nSPS) is 20.7. The Morgan fingerprint density at radius 1 is 1.11 bits per heavy atom. The first-order chi connectivity index (χ1) is 18.5. The lowest BCUT2D eigenvalue weighted by Gasteiger charge is -2.41. The average molecular weight is 518 g/mol. The number of carbonyl (C=O) groups excluding carboxylic acids is 1. The first-order valence-corrected chi connectivity index (χ1v) is 14.4. The minimum atomic E-state index is -0.289. The summed E-state index contributed by atoms with van der Waals surface area (Å²) in [7, 11) is 1.73. The van der Waals surface area contributed by atoms with E-state index < -0.39 is 0 Å². The van der Waals surface area contributed by atoms with Crippen LogP contribution in [0.1, 0.15) is 63.5 Å². The molecule has 38 heavy (non-hydrogen) atoms. The summed E-state index contributed by atoms with van der Waals surface area (Å²) in [5.74, 6) is 2.07. The van der Waals surface area contributed by atoms with Crippen LogP contribution in [0, 0.1) is 5.41 Å². The number of nitrogens with one attached hydrogen (secondary N) is 1. The molecule has 2 aliphatic heterocycles. The topological polar surface area (TPSA) is 55.7 Å². The molecule has 0 aliphatic carbocycles. The number of hydrogen-bond donors (Lipinski definition) is 1. The number of nitrogens with zero attached hydrogens (tertiary/aromatic N) is 2. The summed E-state index contributed by atoms with van der Waals surface area (Å²) in [6, 6.07) is 14.7. The zero-order valence-electron chi connectivity index (χ0n) is 23.3. The number of para-hydroxylation sites is 1. The zero-order chi connectivity index (χ0) is 26.5. The fourth-order valence-electron chi connectivity index (χ4n) is 6.26. The molecular formula is C32H43N3O3. The van der Waals surface area contributed by atoms with Gasteiger partial charge in [-0.15, -0.1) is 0 Å². The molecule has 0 unspecified atom stereocenters. The number of fused-ring (bicyclic) bond motifs is 2. The van der Waals surface area contributed by atoms with Crippen LogP contribution in [0.25, 0.3) is 10.9 Å². The Bertz CT molecular complexity index is 1240. The van der Waals surface area contributed by atoms with Crippen molar-refractivity contribution in [3.8, 4) is 11.5 Å². The van der Waals surface area contributed by atoms with Crippen molar-refractivity contribution in [2.75, 3.05) is 26.8 Å². The van der Waals surface area contributed by atoms with Crippen LogP contribution in [0.4, 0.5) is 0 Å². The monoisotopic (exact) mass is 517 g/mol. The second-order valence-corrected chi connectivity index (χ2v) is 11.3. The fraction of sp³-hybridized carbons (Fsp3) is 0.531. The van der Waals surface area contributed by atoms with E-state index in [1.165, 1.54) is 22.0 Å². The molecular weight excluding hydrogens is 474 g/mol. The molecule has 6 heteroatoms. The van der Waals surface area contributed by atoms with Gasteiger partial charge >= 0.3 is 0 Å². The second kappa shape index (κ2) is 11.8. The summed E-state index contributed by atoms with van der Waals surface area (Å²) in [4.78, 5) is 16.2. The Morgan fingerprint density at radius 2 is 1.92 bits per heavy atom. The lowest BCUT2D eigenvalue weighted by atomic mass is 9.73. The fourth-order valence-corrected chi connectivity index (χ4v) is 6.26. The van der Waals surface area contributed by atoms with E-state index in [1.54, 1.807) is 7.11 Å². The van der Waals surface area contributed by atoms with Gasteiger partial charge in [-0.3, -0.25) is 9.69 Å². The number of aryl methyl sites for hydroxylation is 2. The van der Waals surface area contributed by atoms with Gasteiger partial charge in [0.2, 0.25) is 5.91 Å². The van der Waals surface area contributed by atoms with Crippen molar-refractivity contribution in [1.82, 2.24) is 14.8 Å². The van der Waals surface area contributed by atoms with E-state index in [4.69, 9.17) is 9.47 Å². The Hall–Kier alpha value is -2.99. The van der Waals surface area contributed by atoms with Crippen molar-refractivity contribution in [2.45, 2.75) is 77.9 Å². The van der Waals surface area contributed by atoms with E-state index in [0.29, 0.717) is 6.61 Å². The molecule has 1 spiro atoms. The van der Waals surface area contributed by atoms with E-state index in [1.807, 2.05) is 12.1 Å². The van der Waals surface area contributed by atoms with Crippen LogP contribution in [0.15, 0.2) is 48.7 Å². The van der Waals surface area contributed by atoms with Gasteiger partial charge in [-0.05, 0) is 93.9 Å². The number of ether oxygens (including phenoxy) is 2. The summed E-state index contributed by atoms with van der Waals surface area (Å²) in [6.45, 7) is 8.55. The molecule has 0 bridgehead atoms. The largest absolute Gasteiger partial charge is 0.497 e. The van der Waals surface area contributed by atoms with Crippen molar-refractivity contribution < 1.29 is 14.3 Å². The van der Waals surface area contributed by atoms with Gasteiger partial charge in [0.15, 0.2) is 0 Å². The smallest absolute Gasteiger partial charge is 0.226 e. The van der Waals surface area contributed by atoms with E-state index in [0.717, 1.165) is 82.6 Å². The van der Waals surface area contributed by atoms with Crippen LogP contribution in [-0.2, 0) is 24.3 Å². The highest BCUT2D eigenvalue weighted by atomic mass is 16.5. The molecule has 2 aliphatic rings. The summed E-state index contributed by atoms with van der Waals surface area (Å²) in [5.41, 5.74) is 3.60. The predicted octanol–water partition coefficient (Wildman–Crippen LogP) is 5.95. The molecule has 1 aromatic heterocycles. The molecule has 1 fully saturated rings. The SMILES string of the molecule is CCCn1cc(CN2CCC3(CCCCc4ccccc4OC[C@@H](C)NC3=O)CC2)c2cc(OC)ccc21. The number of piperidine rings is 1. The Balaban J connectivity index is 1.29. The van der Waals surface area contributed by atoms with E-state index >= 15 is 0 Å². The maximum atomic E-state index is 13.6. The van der Waals surface area contributed by atoms with Crippen molar-refractivity contribution >= 4 is 16.8 Å². The summed E-state index contributed by atoms with van der Waals surface area (Å²) in [5, 5.41) is 4.58. The summed E-state index contributed by atoms with van der Waals surface area (Å²) < 4.78 is 14.0. The van der Waals surface area contributed by atoms with Gasteiger partial charge in [0.1, 0.15) is 18.1 Å². The van der Waals surface area contributed by atoms with Gasteiger partial charge in [0.25, 0.3) is 0 Å². The number of carbonyl (C=O) groups is 1. The molecule has 204 valence electrons. The minimum absolute atomic E-state index is 0.0236. The number of hydrogen-bond acceptors (Lipinski definition) is 4. The number of likely N-dealkylation sites (tertiary alicyclic amines) is 1. The quantitative estimate of drug-likeness (QED) is 0.454. The second-order valence-electron chi connectivity index (χ2n) is 11.3. The average Bonchev–Trinajstić information content (AvgIpc) is 3.27. The third kappa shape index (κ3) is 5.70. The highest BCUT2D eigenvalue weighted by Gasteiger charge is 2.41. The Morgan fingerprint density at radius 3 is 2.71 bits per heavy atom.